The first-order chi connectivity index (χ1) is 10.8. The van der Waals surface area contributed by atoms with Crippen LogP contribution in [0.3, 0.4) is 0 Å². The van der Waals surface area contributed by atoms with Crippen LogP contribution in [0.15, 0.2) is 72.5 Å². The van der Waals surface area contributed by atoms with Crippen molar-refractivity contribution in [2.45, 2.75) is 12.8 Å². The first-order valence-electron chi connectivity index (χ1n) is 7.44. The average molecular weight is 290 g/mol. The van der Waals surface area contributed by atoms with E-state index in [1.807, 2.05) is 66.7 Å². The number of benzene rings is 2. The van der Waals surface area contributed by atoms with Gasteiger partial charge in [0.05, 0.1) is 7.11 Å². The molecule has 0 aliphatic heterocycles. The molecular weight excluding hydrogens is 272 g/mol. The van der Waals surface area contributed by atoms with E-state index < -0.39 is 0 Å². The van der Waals surface area contributed by atoms with E-state index in [4.69, 9.17) is 4.74 Å². The SMILES string of the molecule is COC1=CCCC(=O)C(c2ccccc2)=C1c1ccccc1. The first kappa shape index (κ1) is 14.3. The molecule has 0 amide bonds. The molecule has 110 valence electrons. The highest BCUT2D eigenvalue weighted by molar-refractivity contribution is 6.30. The van der Waals surface area contributed by atoms with Crippen LogP contribution in [-0.2, 0) is 9.53 Å². The molecule has 2 heteroatoms. The molecule has 2 nitrogen and oxygen atoms in total. The molecule has 0 heterocycles. The summed E-state index contributed by atoms with van der Waals surface area (Å²) in [6, 6.07) is 19.8. The lowest BCUT2D eigenvalue weighted by Gasteiger charge is -2.15. The summed E-state index contributed by atoms with van der Waals surface area (Å²) < 4.78 is 5.59. The van der Waals surface area contributed by atoms with Gasteiger partial charge in [-0.3, -0.25) is 4.79 Å². The van der Waals surface area contributed by atoms with Crippen LogP contribution in [0, 0.1) is 0 Å². The van der Waals surface area contributed by atoms with Gasteiger partial charge in [0.2, 0.25) is 0 Å². The summed E-state index contributed by atoms with van der Waals surface area (Å²) in [5.74, 6) is 0.934. The number of rotatable bonds is 3. The summed E-state index contributed by atoms with van der Waals surface area (Å²) in [4.78, 5) is 12.7. The van der Waals surface area contributed by atoms with Crippen LogP contribution in [0.25, 0.3) is 11.1 Å². The van der Waals surface area contributed by atoms with Crippen molar-refractivity contribution in [3.8, 4) is 0 Å². The first-order valence-corrected chi connectivity index (χ1v) is 7.44. The molecule has 0 bridgehead atoms. The number of carbonyl (C=O) groups is 1. The molecule has 0 fully saturated rings. The van der Waals surface area contributed by atoms with Crippen molar-refractivity contribution in [3.63, 3.8) is 0 Å². The fraction of sp³-hybridized carbons (Fsp3) is 0.150. The van der Waals surface area contributed by atoms with Gasteiger partial charge in [0.15, 0.2) is 5.78 Å². The van der Waals surface area contributed by atoms with Crippen molar-refractivity contribution in [1.29, 1.82) is 0 Å². The van der Waals surface area contributed by atoms with Gasteiger partial charge in [-0.05, 0) is 23.6 Å². The minimum atomic E-state index is 0.161. The van der Waals surface area contributed by atoms with Crippen LogP contribution >= 0.6 is 0 Å². The Hall–Kier alpha value is -2.61. The molecule has 1 aliphatic carbocycles. The van der Waals surface area contributed by atoms with E-state index in [0.29, 0.717) is 12.8 Å². The average Bonchev–Trinajstić information content (AvgIpc) is 2.75. The van der Waals surface area contributed by atoms with Crippen molar-refractivity contribution in [2.24, 2.45) is 0 Å². The maximum atomic E-state index is 12.7. The van der Waals surface area contributed by atoms with Gasteiger partial charge in [-0.15, -0.1) is 0 Å². The molecule has 3 rings (SSSR count). The van der Waals surface area contributed by atoms with E-state index in [0.717, 1.165) is 28.0 Å². The van der Waals surface area contributed by atoms with Crippen LogP contribution in [0.5, 0.6) is 0 Å². The van der Waals surface area contributed by atoms with Gasteiger partial charge < -0.3 is 4.74 Å². The minimum Gasteiger partial charge on any atom is -0.496 e. The molecule has 0 saturated heterocycles. The van der Waals surface area contributed by atoms with E-state index in [1.165, 1.54) is 0 Å². The van der Waals surface area contributed by atoms with Crippen molar-refractivity contribution in [2.75, 3.05) is 7.11 Å². The van der Waals surface area contributed by atoms with Crippen LogP contribution in [0.1, 0.15) is 24.0 Å². The highest BCUT2D eigenvalue weighted by Gasteiger charge is 2.24. The summed E-state index contributed by atoms with van der Waals surface area (Å²) in [5.41, 5.74) is 3.58. The number of ketones is 1. The Morgan fingerprint density at radius 3 is 1.91 bits per heavy atom. The smallest absolute Gasteiger partial charge is 0.164 e. The second kappa shape index (κ2) is 6.44. The monoisotopic (exact) mass is 290 g/mol. The second-order valence-electron chi connectivity index (χ2n) is 5.22. The second-order valence-corrected chi connectivity index (χ2v) is 5.22. The Balaban J connectivity index is 2.30. The van der Waals surface area contributed by atoms with Gasteiger partial charge in [-0.25, -0.2) is 0 Å². The number of allylic oxidation sites excluding steroid dienone is 3. The Morgan fingerprint density at radius 1 is 0.818 bits per heavy atom. The van der Waals surface area contributed by atoms with Gasteiger partial charge in [-0.2, -0.15) is 0 Å². The third kappa shape index (κ3) is 2.73. The van der Waals surface area contributed by atoms with Crippen LogP contribution < -0.4 is 0 Å². The lowest BCUT2D eigenvalue weighted by molar-refractivity contribution is -0.113. The zero-order chi connectivity index (χ0) is 15.4. The van der Waals surface area contributed by atoms with Crippen LogP contribution in [-0.4, -0.2) is 12.9 Å². The summed E-state index contributed by atoms with van der Waals surface area (Å²) >= 11 is 0. The van der Waals surface area contributed by atoms with Gasteiger partial charge in [-0.1, -0.05) is 60.7 Å². The molecular formula is C20H18O2. The maximum absolute atomic E-state index is 12.7. The number of hydrogen-bond donors (Lipinski definition) is 0. The summed E-state index contributed by atoms with van der Waals surface area (Å²) in [6.07, 6.45) is 3.22. The Bertz CT molecular complexity index is 725. The van der Waals surface area contributed by atoms with Crippen molar-refractivity contribution in [1.82, 2.24) is 0 Å². The fourth-order valence-electron chi connectivity index (χ4n) is 2.81. The number of hydrogen-bond acceptors (Lipinski definition) is 2. The van der Waals surface area contributed by atoms with Gasteiger partial charge >= 0.3 is 0 Å². The van der Waals surface area contributed by atoms with Crippen molar-refractivity contribution in [3.05, 3.63) is 83.6 Å². The zero-order valence-corrected chi connectivity index (χ0v) is 12.6. The quantitative estimate of drug-likeness (QED) is 0.832. The van der Waals surface area contributed by atoms with E-state index in [2.05, 4.69) is 0 Å². The number of carbonyl (C=O) groups excluding carboxylic acids is 1. The molecule has 2 aromatic rings. The predicted octanol–water partition coefficient (Wildman–Crippen LogP) is 4.49. The standard InChI is InChI=1S/C20H18O2/c1-22-18-14-8-13-17(21)19(15-9-4-2-5-10-15)20(18)16-11-6-3-7-12-16/h2-7,9-12,14H,8,13H2,1H3. The summed E-state index contributed by atoms with van der Waals surface area (Å²) in [7, 11) is 1.66. The highest BCUT2D eigenvalue weighted by atomic mass is 16.5. The molecule has 2 aromatic carbocycles. The normalized spacial score (nSPS) is 15.3. The van der Waals surface area contributed by atoms with E-state index in [-0.39, 0.29) is 5.78 Å². The van der Waals surface area contributed by atoms with Crippen LogP contribution in [0.2, 0.25) is 0 Å². The Kier molecular flexibility index (Phi) is 4.19. The molecule has 0 N–H and O–H groups in total. The number of ether oxygens (including phenoxy) is 1. The molecule has 0 spiro atoms. The lowest BCUT2D eigenvalue weighted by atomic mass is 9.91. The topological polar surface area (TPSA) is 26.3 Å². The molecule has 22 heavy (non-hydrogen) atoms. The predicted molar refractivity (Wildman–Crippen MR) is 89.0 cm³/mol. The van der Waals surface area contributed by atoms with E-state index in [9.17, 15) is 4.79 Å². The van der Waals surface area contributed by atoms with E-state index >= 15 is 0 Å². The minimum absolute atomic E-state index is 0.161. The maximum Gasteiger partial charge on any atom is 0.164 e. The van der Waals surface area contributed by atoms with Crippen molar-refractivity contribution >= 4 is 16.9 Å². The molecule has 0 unspecified atom stereocenters. The highest BCUT2D eigenvalue weighted by Crippen LogP contribution is 2.36. The summed E-state index contributed by atoms with van der Waals surface area (Å²) in [5, 5.41) is 0. The van der Waals surface area contributed by atoms with Gasteiger partial charge in [0, 0.05) is 17.6 Å². The number of Topliss-reactive ketones (excluding diaryl/α,β-unsaturated/α-hetero) is 1. The third-order valence-electron chi connectivity index (χ3n) is 3.82. The van der Waals surface area contributed by atoms with Crippen molar-refractivity contribution < 1.29 is 9.53 Å². The molecule has 0 atom stereocenters. The van der Waals surface area contributed by atoms with Gasteiger partial charge in [0.1, 0.15) is 5.76 Å². The van der Waals surface area contributed by atoms with Crippen LogP contribution in [0.4, 0.5) is 0 Å². The third-order valence-corrected chi connectivity index (χ3v) is 3.82. The lowest BCUT2D eigenvalue weighted by Crippen LogP contribution is -2.04. The zero-order valence-electron chi connectivity index (χ0n) is 12.6. The number of methoxy groups -OCH3 is 1. The Labute approximate surface area is 130 Å². The molecule has 0 aromatic heterocycles. The Morgan fingerprint density at radius 2 is 1.36 bits per heavy atom. The molecule has 1 aliphatic rings. The molecule has 0 saturated carbocycles. The summed E-state index contributed by atoms with van der Waals surface area (Å²) in [6.45, 7) is 0. The largest absolute Gasteiger partial charge is 0.496 e. The molecule has 0 radical (unpaired) electrons. The van der Waals surface area contributed by atoms with Gasteiger partial charge in [0.25, 0.3) is 0 Å². The fourth-order valence-corrected chi connectivity index (χ4v) is 2.81. The van der Waals surface area contributed by atoms with E-state index in [1.54, 1.807) is 7.11 Å².